The SMILES string of the molecule is CCOc1ccc(Cl)c(C(=O)Nc2sc(-c3ccccc3)c(C)c2C(=O)N2CCCCC2)n1. The minimum atomic E-state index is -0.477. The average molecular weight is 484 g/mol. The zero-order chi connectivity index (χ0) is 23.4. The fourth-order valence-corrected chi connectivity index (χ4v) is 5.34. The summed E-state index contributed by atoms with van der Waals surface area (Å²) in [6.45, 7) is 5.66. The smallest absolute Gasteiger partial charge is 0.276 e. The molecule has 2 aromatic heterocycles. The Hall–Kier alpha value is -2.90. The Morgan fingerprint density at radius 2 is 1.85 bits per heavy atom. The van der Waals surface area contributed by atoms with Gasteiger partial charge in [0.2, 0.25) is 5.88 Å². The van der Waals surface area contributed by atoms with Crippen LogP contribution in [0.5, 0.6) is 5.88 Å². The van der Waals surface area contributed by atoms with Gasteiger partial charge in [-0.3, -0.25) is 9.59 Å². The van der Waals surface area contributed by atoms with E-state index in [0.717, 1.165) is 48.4 Å². The lowest BCUT2D eigenvalue weighted by atomic mass is 10.0. The number of carbonyl (C=O) groups excluding carboxylic acids is 2. The van der Waals surface area contributed by atoms with Crippen LogP contribution >= 0.6 is 22.9 Å². The highest BCUT2D eigenvalue weighted by atomic mass is 35.5. The zero-order valence-corrected chi connectivity index (χ0v) is 20.3. The molecule has 2 amide bonds. The Balaban J connectivity index is 1.73. The van der Waals surface area contributed by atoms with Crippen molar-refractivity contribution in [2.24, 2.45) is 0 Å². The molecule has 1 aromatic carbocycles. The van der Waals surface area contributed by atoms with E-state index in [1.54, 1.807) is 12.1 Å². The van der Waals surface area contributed by atoms with E-state index in [0.29, 0.717) is 23.1 Å². The van der Waals surface area contributed by atoms with Crippen molar-refractivity contribution in [1.82, 2.24) is 9.88 Å². The van der Waals surface area contributed by atoms with E-state index in [4.69, 9.17) is 16.3 Å². The minimum absolute atomic E-state index is 0.0527. The molecule has 8 heteroatoms. The fraction of sp³-hybridized carbons (Fsp3) is 0.320. The molecular formula is C25H26ClN3O3S. The van der Waals surface area contributed by atoms with Crippen LogP contribution in [-0.4, -0.2) is 41.4 Å². The second kappa shape index (κ2) is 10.4. The predicted molar refractivity (Wildman–Crippen MR) is 133 cm³/mol. The van der Waals surface area contributed by atoms with Crippen molar-refractivity contribution in [2.75, 3.05) is 25.0 Å². The van der Waals surface area contributed by atoms with Crippen LogP contribution in [0.25, 0.3) is 10.4 Å². The number of amides is 2. The van der Waals surface area contributed by atoms with Crippen LogP contribution in [0.1, 0.15) is 52.6 Å². The first kappa shape index (κ1) is 23.3. The molecule has 0 spiro atoms. The molecule has 33 heavy (non-hydrogen) atoms. The number of likely N-dealkylation sites (tertiary alicyclic amines) is 1. The molecule has 0 unspecified atom stereocenters. The first-order chi connectivity index (χ1) is 16.0. The Morgan fingerprint density at radius 1 is 1.12 bits per heavy atom. The summed E-state index contributed by atoms with van der Waals surface area (Å²) >= 11 is 7.66. The number of benzene rings is 1. The first-order valence-electron chi connectivity index (χ1n) is 11.1. The summed E-state index contributed by atoms with van der Waals surface area (Å²) in [5.74, 6) is -0.206. The number of halogens is 1. The number of piperidine rings is 1. The van der Waals surface area contributed by atoms with Gasteiger partial charge in [-0.15, -0.1) is 11.3 Å². The Kier molecular flexibility index (Phi) is 7.30. The van der Waals surface area contributed by atoms with Gasteiger partial charge in [-0.05, 0) is 50.3 Å². The van der Waals surface area contributed by atoms with Gasteiger partial charge in [-0.2, -0.15) is 0 Å². The van der Waals surface area contributed by atoms with Gasteiger partial charge >= 0.3 is 0 Å². The second-order valence-electron chi connectivity index (χ2n) is 7.85. The number of hydrogen-bond donors (Lipinski definition) is 1. The van der Waals surface area contributed by atoms with Gasteiger partial charge < -0.3 is 15.0 Å². The molecule has 0 saturated carbocycles. The maximum Gasteiger partial charge on any atom is 0.276 e. The number of aromatic nitrogens is 1. The number of rotatable bonds is 6. The lowest BCUT2D eigenvalue weighted by molar-refractivity contribution is 0.0725. The summed E-state index contributed by atoms with van der Waals surface area (Å²) in [7, 11) is 0. The Labute approximate surface area is 202 Å². The van der Waals surface area contributed by atoms with Gasteiger partial charge in [-0.25, -0.2) is 4.98 Å². The van der Waals surface area contributed by atoms with Gasteiger partial charge in [0.1, 0.15) is 5.00 Å². The summed E-state index contributed by atoms with van der Waals surface area (Å²) in [6.07, 6.45) is 3.11. The standard InChI is InChI=1S/C25H26ClN3O3S/c1-3-32-19-13-12-18(26)21(27-19)23(30)28-24-20(25(31)29-14-8-5-9-15-29)16(2)22(33-24)17-10-6-4-7-11-17/h4,6-7,10-13H,3,5,8-9,14-15H2,1-2H3,(H,28,30). The van der Waals surface area contributed by atoms with Crippen LogP contribution in [0.15, 0.2) is 42.5 Å². The fourth-order valence-electron chi connectivity index (χ4n) is 3.95. The van der Waals surface area contributed by atoms with E-state index in [1.165, 1.54) is 11.3 Å². The van der Waals surface area contributed by atoms with Crippen LogP contribution < -0.4 is 10.1 Å². The normalized spacial score (nSPS) is 13.6. The van der Waals surface area contributed by atoms with E-state index in [9.17, 15) is 9.59 Å². The second-order valence-corrected chi connectivity index (χ2v) is 9.27. The highest BCUT2D eigenvalue weighted by Crippen LogP contribution is 2.41. The molecule has 0 radical (unpaired) electrons. The van der Waals surface area contributed by atoms with Crippen LogP contribution in [0.4, 0.5) is 5.00 Å². The minimum Gasteiger partial charge on any atom is -0.478 e. The summed E-state index contributed by atoms with van der Waals surface area (Å²) in [5, 5.41) is 3.64. The average Bonchev–Trinajstić information content (AvgIpc) is 3.16. The van der Waals surface area contributed by atoms with Crippen molar-refractivity contribution in [3.05, 3.63) is 64.3 Å². The molecule has 0 bridgehead atoms. The summed E-state index contributed by atoms with van der Waals surface area (Å²) in [5.41, 5.74) is 2.46. The molecule has 1 aliphatic rings. The number of hydrogen-bond acceptors (Lipinski definition) is 5. The molecule has 6 nitrogen and oxygen atoms in total. The van der Waals surface area contributed by atoms with Crippen molar-refractivity contribution < 1.29 is 14.3 Å². The Bertz CT molecular complexity index is 1160. The van der Waals surface area contributed by atoms with Crippen LogP contribution in [0.3, 0.4) is 0 Å². The molecule has 0 aliphatic carbocycles. The molecule has 4 rings (SSSR count). The molecule has 3 aromatic rings. The van der Waals surface area contributed by atoms with Gasteiger partial charge in [0, 0.05) is 24.0 Å². The van der Waals surface area contributed by atoms with Crippen molar-refractivity contribution in [2.45, 2.75) is 33.1 Å². The van der Waals surface area contributed by atoms with E-state index in [-0.39, 0.29) is 16.6 Å². The topological polar surface area (TPSA) is 71.5 Å². The van der Waals surface area contributed by atoms with Crippen molar-refractivity contribution >= 4 is 39.8 Å². The molecule has 1 N–H and O–H groups in total. The number of nitrogens with zero attached hydrogens (tertiary/aromatic N) is 2. The van der Waals surface area contributed by atoms with E-state index >= 15 is 0 Å². The molecule has 172 valence electrons. The maximum atomic E-state index is 13.5. The number of ether oxygens (including phenoxy) is 1. The Morgan fingerprint density at radius 3 is 2.55 bits per heavy atom. The van der Waals surface area contributed by atoms with E-state index in [1.807, 2.05) is 49.1 Å². The highest BCUT2D eigenvalue weighted by Gasteiger charge is 2.28. The van der Waals surface area contributed by atoms with Gasteiger partial charge in [-0.1, -0.05) is 41.9 Å². The van der Waals surface area contributed by atoms with E-state index < -0.39 is 5.91 Å². The van der Waals surface area contributed by atoms with Crippen LogP contribution in [0.2, 0.25) is 5.02 Å². The molecule has 0 atom stereocenters. The van der Waals surface area contributed by atoms with Gasteiger partial charge in [0.25, 0.3) is 11.8 Å². The molecule has 1 saturated heterocycles. The third kappa shape index (κ3) is 5.04. The lowest BCUT2D eigenvalue weighted by Gasteiger charge is -2.27. The number of thiophene rings is 1. The highest BCUT2D eigenvalue weighted by molar-refractivity contribution is 7.20. The monoisotopic (exact) mass is 483 g/mol. The predicted octanol–water partition coefficient (Wildman–Crippen LogP) is 6.05. The molecule has 3 heterocycles. The number of pyridine rings is 1. The zero-order valence-electron chi connectivity index (χ0n) is 18.7. The molecule has 1 fully saturated rings. The summed E-state index contributed by atoms with van der Waals surface area (Å²) in [6, 6.07) is 13.1. The van der Waals surface area contributed by atoms with E-state index in [2.05, 4.69) is 10.3 Å². The number of nitrogens with one attached hydrogen (secondary N) is 1. The van der Waals surface area contributed by atoms with Gasteiger partial charge in [0.05, 0.1) is 17.2 Å². The number of anilines is 1. The van der Waals surface area contributed by atoms with Gasteiger partial charge in [0.15, 0.2) is 5.69 Å². The first-order valence-corrected chi connectivity index (χ1v) is 12.3. The quantitative estimate of drug-likeness (QED) is 0.463. The third-order valence-corrected chi connectivity index (χ3v) is 7.16. The summed E-state index contributed by atoms with van der Waals surface area (Å²) in [4.78, 5) is 33.8. The van der Waals surface area contributed by atoms with Crippen molar-refractivity contribution in [1.29, 1.82) is 0 Å². The molecular weight excluding hydrogens is 458 g/mol. The van der Waals surface area contributed by atoms with Crippen LogP contribution in [0, 0.1) is 6.92 Å². The van der Waals surface area contributed by atoms with Crippen molar-refractivity contribution in [3.8, 4) is 16.3 Å². The third-order valence-electron chi connectivity index (χ3n) is 5.59. The van der Waals surface area contributed by atoms with Crippen LogP contribution in [-0.2, 0) is 0 Å². The largest absolute Gasteiger partial charge is 0.478 e. The lowest BCUT2D eigenvalue weighted by Crippen LogP contribution is -2.36. The number of carbonyl (C=O) groups is 2. The molecule has 1 aliphatic heterocycles. The summed E-state index contributed by atoms with van der Waals surface area (Å²) < 4.78 is 5.42. The maximum absolute atomic E-state index is 13.5. The van der Waals surface area contributed by atoms with Crippen molar-refractivity contribution in [3.63, 3.8) is 0 Å².